The second-order valence-corrected chi connectivity index (χ2v) is 6.44. The van der Waals surface area contributed by atoms with Crippen LogP contribution in [0.4, 0.5) is 0 Å². The summed E-state index contributed by atoms with van der Waals surface area (Å²) >= 11 is 0. The van der Waals surface area contributed by atoms with Crippen molar-refractivity contribution in [1.29, 1.82) is 0 Å². The Morgan fingerprint density at radius 1 is 0.480 bits per heavy atom. The molecule has 25 heavy (non-hydrogen) atoms. The first-order valence-electron chi connectivity index (χ1n) is 8.58. The summed E-state index contributed by atoms with van der Waals surface area (Å²) in [6.45, 7) is 0. The molecule has 0 radical (unpaired) electrons. The number of rotatable bonds is 2. The molecule has 0 saturated carbocycles. The van der Waals surface area contributed by atoms with Crippen molar-refractivity contribution in [2.45, 2.75) is 5.41 Å². The van der Waals surface area contributed by atoms with Gasteiger partial charge in [0.05, 0.1) is 5.41 Å². The molecular formula is C24H17N. The zero-order valence-corrected chi connectivity index (χ0v) is 13.8. The van der Waals surface area contributed by atoms with Gasteiger partial charge in [-0.05, 0) is 45.5 Å². The fourth-order valence-corrected chi connectivity index (χ4v) is 4.31. The summed E-state index contributed by atoms with van der Waals surface area (Å²) in [5, 5.41) is 0. The smallest absolute Gasteiger partial charge is 0.0714 e. The summed E-state index contributed by atoms with van der Waals surface area (Å²) in [6.07, 6.45) is 3.78. The molecule has 0 bridgehead atoms. The summed E-state index contributed by atoms with van der Waals surface area (Å²) in [5.74, 6) is 0. The maximum Gasteiger partial charge on any atom is 0.0714 e. The number of nitrogens with zero attached hydrogens (tertiary/aromatic N) is 1. The normalized spacial score (nSPS) is 13.9. The van der Waals surface area contributed by atoms with E-state index in [1.54, 1.807) is 0 Å². The van der Waals surface area contributed by atoms with E-state index in [2.05, 4.69) is 96.0 Å². The second-order valence-electron chi connectivity index (χ2n) is 6.44. The zero-order valence-electron chi connectivity index (χ0n) is 13.8. The molecular weight excluding hydrogens is 302 g/mol. The van der Waals surface area contributed by atoms with Gasteiger partial charge in [-0.25, -0.2) is 0 Å². The molecule has 0 amide bonds. The van der Waals surface area contributed by atoms with E-state index in [9.17, 15) is 0 Å². The van der Waals surface area contributed by atoms with E-state index in [1.165, 1.54) is 33.4 Å². The zero-order chi connectivity index (χ0) is 16.7. The third-order valence-corrected chi connectivity index (χ3v) is 5.27. The van der Waals surface area contributed by atoms with Crippen molar-refractivity contribution >= 4 is 0 Å². The lowest BCUT2D eigenvalue weighted by molar-refractivity contribution is 0.766. The molecule has 0 atom stereocenters. The molecule has 0 N–H and O–H groups in total. The Bertz CT molecular complexity index is 949. The van der Waals surface area contributed by atoms with Crippen LogP contribution in [0, 0.1) is 0 Å². The Morgan fingerprint density at radius 2 is 0.960 bits per heavy atom. The Labute approximate surface area is 147 Å². The van der Waals surface area contributed by atoms with Crippen molar-refractivity contribution < 1.29 is 0 Å². The third kappa shape index (κ3) is 1.87. The molecule has 0 aliphatic heterocycles. The topological polar surface area (TPSA) is 12.9 Å². The van der Waals surface area contributed by atoms with Gasteiger partial charge in [-0.1, -0.05) is 78.9 Å². The standard InChI is InChI=1S/C24H17N/c1-2-8-18(9-3-1)24(19-14-16-25-17-15-19)22-12-6-4-10-20(22)21-11-5-7-13-23(21)24/h1-17H. The number of hydrogen-bond donors (Lipinski definition) is 0. The predicted molar refractivity (Wildman–Crippen MR) is 102 cm³/mol. The fraction of sp³-hybridized carbons (Fsp3) is 0.0417. The average Bonchev–Trinajstić information content (AvgIpc) is 3.01. The van der Waals surface area contributed by atoms with Gasteiger partial charge in [-0.15, -0.1) is 0 Å². The predicted octanol–water partition coefficient (Wildman–Crippen LogP) is 5.44. The third-order valence-electron chi connectivity index (χ3n) is 5.27. The lowest BCUT2D eigenvalue weighted by Gasteiger charge is -2.33. The highest BCUT2D eigenvalue weighted by molar-refractivity contribution is 5.86. The van der Waals surface area contributed by atoms with Crippen molar-refractivity contribution in [2.75, 3.05) is 0 Å². The molecule has 0 spiro atoms. The first kappa shape index (κ1) is 14.2. The highest BCUT2D eigenvalue weighted by atomic mass is 14.6. The summed E-state index contributed by atoms with van der Waals surface area (Å²) < 4.78 is 0. The Morgan fingerprint density at radius 3 is 1.56 bits per heavy atom. The van der Waals surface area contributed by atoms with Gasteiger partial charge in [0.1, 0.15) is 0 Å². The average molecular weight is 319 g/mol. The molecule has 118 valence electrons. The first-order valence-corrected chi connectivity index (χ1v) is 8.58. The number of hydrogen-bond acceptors (Lipinski definition) is 1. The van der Waals surface area contributed by atoms with Crippen molar-refractivity contribution in [3.63, 3.8) is 0 Å². The van der Waals surface area contributed by atoms with Gasteiger partial charge >= 0.3 is 0 Å². The summed E-state index contributed by atoms with van der Waals surface area (Å²) in [7, 11) is 0. The van der Waals surface area contributed by atoms with Crippen LogP contribution in [0.3, 0.4) is 0 Å². The SMILES string of the molecule is c1ccc(C2(c3ccncc3)c3ccccc3-c3ccccc32)cc1. The number of fused-ring (bicyclic) bond motifs is 3. The van der Waals surface area contributed by atoms with Crippen molar-refractivity contribution in [1.82, 2.24) is 4.98 Å². The molecule has 3 aromatic carbocycles. The molecule has 0 saturated heterocycles. The quantitative estimate of drug-likeness (QED) is 0.422. The first-order chi connectivity index (χ1) is 12.4. The molecule has 1 nitrogen and oxygen atoms in total. The molecule has 1 aliphatic rings. The van der Waals surface area contributed by atoms with Gasteiger partial charge in [0.15, 0.2) is 0 Å². The van der Waals surface area contributed by atoms with E-state index in [1.807, 2.05) is 12.4 Å². The summed E-state index contributed by atoms with van der Waals surface area (Å²) in [6, 6.07) is 32.6. The van der Waals surface area contributed by atoms with Crippen molar-refractivity contribution in [2.24, 2.45) is 0 Å². The largest absolute Gasteiger partial charge is 0.265 e. The molecule has 1 aliphatic carbocycles. The van der Waals surface area contributed by atoms with Crippen LogP contribution in [0.1, 0.15) is 22.3 Å². The number of benzene rings is 3. The van der Waals surface area contributed by atoms with Crippen LogP contribution in [0.15, 0.2) is 103 Å². The van der Waals surface area contributed by atoms with Crippen LogP contribution in [0.25, 0.3) is 11.1 Å². The lowest BCUT2D eigenvalue weighted by atomic mass is 9.68. The van der Waals surface area contributed by atoms with E-state index in [-0.39, 0.29) is 5.41 Å². The minimum Gasteiger partial charge on any atom is -0.265 e. The summed E-state index contributed by atoms with van der Waals surface area (Å²) in [4.78, 5) is 4.25. The highest BCUT2D eigenvalue weighted by Crippen LogP contribution is 2.55. The van der Waals surface area contributed by atoms with Gasteiger partial charge in [-0.3, -0.25) is 4.98 Å². The Hall–Kier alpha value is -3.19. The van der Waals surface area contributed by atoms with Crippen LogP contribution < -0.4 is 0 Å². The maximum absolute atomic E-state index is 4.25. The maximum atomic E-state index is 4.25. The van der Waals surface area contributed by atoms with E-state index in [4.69, 9.17) is 0 Å². The molecule has 1 aromatic heterocycles. The molecule has 5 rings (SSSR count). The van der Waals surface area contributed by atoms with Crippen molar-refractivity contribution in [3.05, 3.63) is 126 Å². The Balaban J connectivity index is 1.98. The summed E-state index contributed by atoms with van der Waals surface area (Å²) in [5.41, 5.74) is 7.57. The lowest BCUT2D eigenvalue weighted by Crippen LogP contribution is -2.28. The van der Waals surface area contributed by atoms with Gasteiger partial charge in [0.2, 0.25) is 0 Å². The molecule has 0 fully saturated rings. The molecule has 1 heterocycles. The van der Waals surface area contributed by atoms with E-state index in [0.717, 1.165) is 0 Å². The number of aromatic nitrogens is 1. The van der Waals surface area contributed by atoms with Gasteiger partial charge in [0.25, 0.3) is 0 Å². The van der Waals surface area contributed by atoms with Crippen LogP contribution in [-0.4, -0.2) is 4.98 Å². The fourth-order valence-electron chi connectivity index (χ4n) is 4.31. The van der Waals surface area contributed by atoms with Crippen molar-refractivity contribution in [3.8, 4) is 11.1 Å². The van der Waals surface area contributed by atoms with Crippen LogP contribution in [0.5, 0.6) is 0 Å². The molecule has 1 heteroatoms. The van der Waals surface area contributed by atoms with Gasteiger partial charge in [-0.2, -0.15) is 0 Å². The number of pyridine rings is 1. The Kier molecular flexibility index (Phi) is 3.07. The second kappa shape index (κ2) is 5.42. The monoisotopic (exact) mass is 319 g/mol. The van der Waals surface area contributed by atoms with Crippen LogP contribution in [0.2, 0.25) is 0 Å². The van der Waals surface area contributed by atoms with Crippen LogP contribution >= 0.6 is 0 Å². The highest BCUT2D eigenvalue weighted by Gasteiger charge is 2.45. The molecule has 0 unspecified atom stereocenters. The van der Waals surface area contributed by atoms with E-state index in [0.29, 0.717) is 0 Å². The van der Waals surface area contributed by atoms with Gasteiger partial charge < -0.3 is 0 Å². The molecule has 4 aromatic rings. The minimum absolute atomic E-state index is 0.294. The van der Waals surface area contributed by atoms with E-state index >= 15 is 0 Å². The van der Waals surface area contributed by atoms with E-state index < -0.39 is 0 Å². The minimum atomic E-state index is -0.294. The van der Waals surface area contributed by atoms with Crippen LogP contribution in [-0.2, 0) is 5.41 Å². The van der Waals surface area contributed by atoms with Gasteiger partial charge in [0, 0.05) is 12.4 Å².